The van der Waals surface area contributed by atoms with E-state index in [0.29, 0.717) is 30.6 Å². The van der Waals surface area contributed by atoms with E-state index >= 15 is 0 Å². The number of nitrogens with one attached hydrogen (secondary N) is 1. The molecule has 24 heavy (non-hydrogen) atoms. The number of urea groups is 1. The summed E-state index contributed by atoms with van der Waals surface area (Å²) in [6, 6.07) is 1.62. The average Bonchev–Trinajstić information content (AvgIpc) is 3.35. The van der Waals surface area contributed by atoms with Gasteiger partial charge in [0.1, 0.15) is 0 Å². The summed E-state index contributed by atoms with van der Waals surface area (Å²) in [7, 11) is 0. The van der Waals surface area contributed by atoms with Crippen LogP contribution in [0.15, 0.2) is 30.9 Å². The van der Waals surface area contributed by atoms with Crippen LogP contribution < -0.4 is 5.32 Å². The van der Waals surface area contributed by atoms with Crippen LogP contribution in [0.3, 0.4) is 0 Å². The number of carbonyl (C=O) groups is 1. The Morgan fingerprint density at radius 3 is 2.83 bits per heavy atom. The zero-order valence-corrected chi connectivity index (χ0v) is 13.5. The molecule has 8 heteroatoms. The quantitative estimate of drug-likeness (QED) is 0.927. The molecule has 1 saturated heterocycles. The number of nitrogens with zero attached hydrogens (tertiary/aromatic N) is 5. The molecule has 1 N–H and O–H groups in total. The van der Waals surface area contributed by atoms with Crippen molar-refractivity contribution in [1.29, 1.82) is 0 Å². The molecule has 2 aromatic heterocycles. The first-order chi connectivity index (χ1) is 11.7. The van der Waals surface area contributed by atoms with Crippen molar-refractivity contribution in [3.63, 3.8) is 0 Å². The molecule has 8 nitrogen and oxygen atoms in total. The molecule has 126 valence electrons. The van der Waals surface area contributed by atoms with Crippen LogP contribution in [0, 0.1) is 5.92 Å². The van der Waals surface area contributed by atoms with E-state index in [1.807, 2.05) is 11.8 Å². The minimum Gasteiger partial charge on any atom is -0.371 e. The normalized spacial score (nSPS) is 24.0. The Hall–Kier alpha value is -2.48. The number of ether oxygens (including phenoxy) is 1. The number of rotatable bonds is 3. The number of hydrogen-bond donors (Lipinski definition) is 1. The van der Waals surface area contributed by atoms with Crippen molar-refractivity contribution in [2.24, 2.45) is 5.92 Å². The van der Waals surface area contributed by atoms with E-state index < -0.39 is 0 Å². The Bertz CT molecular complexity index is 714. The van der Waals surface area contributed by atoms with Gasteiger partial charge >= 0.3 is 6.03 Å². The van der Waals surface area contributed by atoms with Crippen LogP contribution in [-0.4, -0.2) is 56.0 Å². The molecule has 1 aliphatic carbocycles. The van der Waals surface area contributed by atoms with Gasteiger partial charge in [0.05, 0.1) is 30.3 Å². The van der Waals surface area contributed by atoms with Gasteiger partial charge < -0.3 is 15.0 Å². The molecule has 1 saturated carbocycles. The van der Waals surface area contributed by atoms with Crippen molar-refractivity contribution < 1.29 is 9.53 Å². The maximum Gasteiger partial charge on any atom is 0.322 e. The van der Waals surface area contributed by atoms with Crippen molar-refractivity contribution in [3.05, 3.63) is 30.9 Å². The number of aromatic nitrogens is 4. The van der Waals surface area contributed by atoms with Crippen LogP contribution in [0.2, 0.25) is 0 Å². The van der Waals surface area contributed by atoms with E-state index in [-0.39, 0.29) is 18.2 Å². The van der Waals surface area contributed by atoms with E-state index in [1.165, 1.54) is 17.5 Å². The van der Waals surface area contributed by atoms with Crippen LogP contribution in [0.4, 0.5) is 10.5 Å². The fraction of sp³-hybridized carbons (Fsp3) is 0.500. The molecule has 3 heterocycles. The van der Waals surface area contributed by atoms with Crippen LogP contribution in [0.5, 0.6) is 0 Å². The third-order valence-corrected chi connectivity index (χ3v) is 4.31. The Labute approximate surface area is 139 Å². The van der Waals surface area contributed by atoms with Crippen molar-refractivity contribution in [2.75, 3.05) is 18.4 Å². The number of anilines is 1. The summed E-state index contributed by atoms with van der Waals surface area (Å²) in [6.07, 6.45) is 9.24. The topological polar surface area (TPSA) is 85.2 Å². The highest BCUT2D eigenvalue weighted by Gasteiger charge is 2.38. The lowest BCUT2D eigenvalue weighted by Crippen LogP contribution is -2.51. The molecule has 4 rings (SSSR count). The fourth-order valence-corrected chi connectivity index (χ4v) is 2.99. The van der Waals surface area contributed by atoms with E-state index in [4.69, 9.17) is 4.74 Å². The van der Waals surface area contributed by atoms with Crippen LogP contribution in [-0.2, 0) is 4.74 Å². The first-order valence-corrected chi connectivity index (χ1v) is 8.22. The smallest absolute Gasteiger partial charge is 0.322 e. The van der Waals surface area contributed by atoms with Gasteiger partial charge in [0, 0.05) is 25.5 Å². The zero-order chi connectivity index (χ0) is 16.5. The van der Waals surface area contributed by atoms with Gasteiger partial charge in [-0.2, -0.15) is 5.10 Å². The van der Waals surface area contributed by atoms with Crippen molar-refractivity contribution in [1.82, 2.24) is 24.6 Å². The summed E-state index contributed by atoms with van der Waals surface area (Å²) < 4.78 is 7.48. The molecule has 0 aromatic carbocycles. The molecular formula is C16H20N6O2. The molecule has 0 radical (unpaired) electrons. The fourth-order valence-electron chi connectivity index (χ4n) is 2.99. The summed E-state index contributed by atoms with van der Waals surface area (Å²) in [5, 5.41) is 7.08. The van der Waals surface area contributed by atoms with Crippen LogP contribution in [0.25, 0.3) is 5.95 Å². The Kier molecular flexibility index (Phi) is 3.89. The van der Waals surface area contributed by atoms with Gasteiger partial charge in [0.2, 0.25) is 5.95 Å². The Balaban J connectivity index is 1.41. The van der Waals surface area contributed by atoms with Gasteiger partial charge in [-0.1, -0.05) is 0 Å². The second-order valence-corrected chi connectivity index (χ2v) is 6.38. The summed E-state index contributed by atoms with van der Waals surface area (Å²) in [6.45, 7) is 3.27. The predicted octanol–water partition coefficient (Wildman–Crippen LogP) is 1.69. The second kappa shape index (κ2) is 6.20. The number of carbonyl (C=O) groups excluding carboxylic acids is 1. The van der Waals surface area contributed by atoms with E-state index in [9.17, 15) is 4.79 Å². The predicted molar refractivity (Wildman–Crippen MR) is 86.8 cm³/mol. The molecule has 2 fully saturated rings. The third kappa shape index (κ3) is 3.23. The molecule has 2 aromatic rings. The van der Waals surface area contributed by atoms with E-state index in [0.717, 1.165) is 0 Å². The first kappa shape index (κ1) is 15.1. The SMILES string of the molecule is C[C@@H]1CN(C(=O)Nc2cnn(-c3ncccn3)c2)C[C@H](C2CC2)O1. The highest BCUT2D eigenvalue weighted by Crippen LogP contribution is 2.36. The maximum absolute atomic E-state index is 12.5. The number of amides is 2. The van der Waals surface area contributed by atoms with Crippen molar-refractivity contribution >= 4 is 11.7 Å². The molecule has 0 unspecified atom stereocenters. The lowest BCUT2D eigenvalue weighted by molar-refractivity contribution is -0.0717. The Morgan fingerprint density at radius 1 is 1.29 bits per heavy atom. The standard InChI is InChI=1S/C16H20N6O2/c1-11-8-21(10-14(24-11)12-3-4-12)16(23)20-13-7-19-22(9-13)15-17-5-2-6-18-15/h2,5-7,9,11-12,14H,3-4,8,10H2,1H3,(H,20,23)/t11-,14-/m1/s1. The van der Waals surface area contributed by atoms with Gasteiger partial charge in [0.25, 0.3) is 0 Å². The number of hydrogen-bond acceptors (Lipinski definition) is 5. The Morgan fingerprint density at radius 2 is 2.08 bits per heavy atom. The molecule has 2 aliphatic rings. The highest BCUT2D eigenvalue weighted by atomic mass is 16.5. The summed E-state index contributed by atoms with van der Waals surface area (Å²) in [4.78, 5) is 22.6. The van der Waals surface area contributed by atoms with Crippen molar-refractivity contribution in [3.8, 4) is 5.95 Å². The molecular weight excluding hydrogens is 308 g/mol. The first-order valence-electron chi connectivity index (χ1n) is 8.22. The summed E-state index contributed by atoms with van der Waals surface area (Å²) in [5.74, 6) is 1.08. The molecule has 0 bridgehead atoms. The number of morpholine rings is 1. The molecule has 0 spiro atoms. The summed E-state index contributed by atoms with van der Waals surface area (Å²) in [5.41, 5.74) is 0.620. The van der Waals surface area contributed by atoms with Gasteiger partial charge in [-0.05, 0) is 31.7 Å². The van der Waals surface area contributed by atoms with E-state index in [1.54, 1.807) is 30.9 Å². The van der Waals surface area contributed by atoms with E-state index in [2.05, 4.69) is 20.4 Å². The second-order valence-electron chi connectivity index (χ2n) is 6.38. The zero-order valence-electron chi connectivity index (χ0n) is 13.5. The summed E-state index contributed by atoms with van der Waals surface area (Å²) >= 11 is 0. The van der Waals surface area contributed by atoms with Crippen molar-refractivity contribution in [2.45, 2.75) is 32.0 Å². The van der Waals surface area contributed by atoms with Crippen LogP contribution >= 0.6 is 0 Å². The minimum absolute atomic E-state index is 0.0653. The lowest BCUT2D eigenvalue weighted by atomic mass is 10.1. The van der Waals surface area contributed by atoms with Gasteiger partial charge in [-0.15, -0.1) is 0 Å². The van der Waals surface area contributed by atoms with Gasteiger partial charge in [-0.3, -0.25) is 0 Å². The minimum atomic E-state index is -0.121. The lowest BCUT2D eigenvalue weighted by Gasteiger charge is -2.36. The molecule has 1 aliphatic heterocycles. The molecule has 2 atom stereocenters. The average molecular weight is 328 g/mol. The van der Waals surface area contributed by atoms with Gasteiger partial charge in [-0.25, -0.2) is 19.4 Å². The maximum atomic E-state index is 12.5. The molecule has 2 amide bonds. The monoisotopic (exact) mass is 328 g/mol. The van der Waals surface area contributed by atoms with Gasteiger partial charge in [0.15, 0.2) is 0 Å². The van der Waals surface area contributed by atoms with Crippen LogP contribution in [0.1, 0.15) is 19.8 Å². The third-order valence-electron chi connectivity index (χ3n) is 4.31. The largest absolute Gasteiger partial charge is 0.371 e. The highest BCUT2D eigenvalue weighted by molar-refractivity contribution is 5.89.